The Balaban J connectivity index is 3.56. The predicted octanol–water partition coefficient (Wildman–Crippen LogP) is 3.93. The van der Waals surface area contributed by atoms with E-state index in [0.29, 0.717) is 15.8 Å². The number of rotatable bonds is 1. The van der Waals surface area contributed by atoms with E-state index in [0.717, 1.165) is 16.7 Å². The molecule has 0 N–H and O–H groups in total. The average molecular weight is 219 g/mol. The molecule has 0 fully saturated rings. The number of ether oxygens (including phenoxy) is 1. The minimum absolute atomic E-state index is 0.573. The Labute approximate surface area is 88.6 Å². The number of benzene rings is 1. The normalized spacial score (nSPS) is 10.3. The summed E-state index contributed by atoms with van der Waals surface area (Å²) in [6.45, 7) is 5.93. The second-order valence-electron chi connectivity index (χ2n) is 3.04. The van der Waals surface area contributed by atoms with E-state index in [9.17, 15) is 0 Å². The Morgan fingerprint density at radius 2 is 1.23 bits per heavy atom. The summed E-state index contributed by atoms with van der Waals surface area (Å²) >= 11 is 12.1. The molecule has 0 atom stereocenters. The van der Waals surface area contributed by atoms with Gasteiger partial charge in [-0.15, -0.1) is 0 Å². The molecule has 0 aliphatic carbocycles. The van der Waals surface area contributed by atoms with E-state index in [1.54, 1.807) is 7.11 Å². The SMILES string of the molecule is COc1c(Cl)c(C)c(C)c(C)c1Cl. The fraction of sp³-hybridized carbons (Fsp3) is 0.400. The smallest absolute Gasteiger partial charge is 0.156 e. The van der Waals surface area contributed by atoms with Crippen LogP contribution in [0.3, 0.4) is 0 Å². The number of halogens is 2. The van der Waals surface area contributed by atoms with Crippen LogP contribution in [-0.4, -0.2) is 7.11 Å². The van der Waals surface area contributed by atoms with Crippen molar-refractivity contribution >= 4 is 23.2 Å². The van der Waals surface area contributed by atoms with Gasteiger partial charge in [0.05, 0.1) is 17.2 Å². The van der Waals surface area contributed by atoms with Crippen molar-refractivity contribution in [2.24, 2.45) is 0 Å². The summed E-state index contributed by atoms with van der Waals surface area (Å²) < 4.78 is 5.13. The minimum atomic E-state index is 0.573. The Morgan fingerprint density at radius 3 is 1.54 bits per heavy atom. The van der Waals surface area contributed by atoms with Gasteiger partial charge >= 0.3 is 0 Å². The van der Waals surface area contributed by atoms with Gasteiger partial charge in [-0.3, -0.25) is 0 Å². The number of hydrogen-bond acceptors (Lipinski definition) is 1. The quantitative estimate of drug-likeness (QED) is 0.695. The van der Waals surface area contributed by atoms with Crippen molar-refractivity contribution in [3.05, 3.63) is 26.7 Å². The van der Waals surface area contributed by atoms with Crippen LogP contribution >= 0.6 is 23.2 Å². The molecule has 1 rings (SSSR count). The third-order valence-corrected chi connectivity index (χ3v) is 3.30. The van der Waals surface area contributed by atoms with Gasteiger partial charge in [-0.2, -0.15) is 0 Å². The van der Waals surface area contributed by atoms with Crippen molar-refractivity contribution in [2.75, 3.05) is 7.11 Å². The van der Waals surface area contributed by atoms with Crippen molar-refractivity contribution < 1.29 is 4.74 Å². The summed E-state index contributed by atoms with van der Waals surface area (Å²) in [6.07, 6.45) is 0. The van der Waals surface area contributed by atoms with Crippen molar-refractivity contribution in [3.8, 4) is 5.75 Å². The second kappa shape index (κ2) is 3.77. The lowest BCUT2D eigenvalue weighted by molar-refractivity contribution is 0.414. The molecule has 0 radical (unpaired) electrons. The molecule has 0 spiro atoms. The van der Waals surface area contributed by atoms with Crippen LogP contribution in [0.1, 0.15) is 16.7 Å². The van der Waals surface area contributed by atoms with E-state index in [2.05, 4.69) is 0 Å². The van der Waals surface area contributed by atoms with E-state index < -0.39 is 0 Å². The van der Waals surface area contributed by atoms with Crippen LogP contribution < -0.4 is 4.74 Å². The number of methoxy groups -OCH3 is 1. The summed E-state index contributed by atoms with van der Waals surface area (Å²) in [5.74, 6) is 0.573. The van der Waals surface area contributed by atoms with Crippen LogP contribution in [0.2, 0.25) is 10.0 Å². The zero-order chi connectivity index (χ0) is 10.2. The molecule has 0 aliphatic rings. The van der Waals surface area contributed by atoms with Crippen molar-refractivity contribution in [3.63, 3.8) is 0 Å². The third kappa shape index (κ3) is 1.63. The highest BCUT2D eigenvalue weighted by Gasteiger charge is 2.14. The summed E-state index contributed by atoms with van der Waals surface area (Å²) in [4.78, 5) is 0. The molecule has 0 saturated heterocycles. The molecule has 3 heteroatoms. The van der Waals surface area contributed by atoms with E-state index >= 15 is 0 Å². The maximum Gasteiger partial charge on any atom is 0.156 e. The summed E-state index contributed by atoms with van der Waals surface area (Å²) in [5.41, 5.74) is 3.18. The molecule has 1 nitrogen and oxygen atoms in total. The summed E-state index contributed by atoms with van der Waals surface area (Å²) in [5, 5.41) is 1.21. The van der Waals surface area contributed by atoms with E-state index in [1.807, 2.05) is 20.8 Å². The van der Waals surface area contributed by atoms with Gasteiger partial charge < -0.3 is 4.74 Å². The second-order valence-corrected chi connectivity index (χ2v) is 3.79. The predicted molar refractivity (Wildman–Crippen MR) is 57.2 cm³/mol. The molecule has 0 aromatic heterocycles. The van der Waals surface area contributed by atoms with Crippen LogP contribution in [0.25, 0.3) is 0 Å². The fourth-order valence-electron chi connectivity index (χ4n) is 1.23. The van der Waals surface area contributed by atoms with Crippen molar-refractivity contribution in [2.45, 2.75) is 20.8 Å². The molecule has 72 valence electrons. The molecule has 0 saturated carbocycles. The van der Waals surface area contributed by atoms with Gasteiger partial charge in [0.2, 0.25) is 0 Å². The third-order valence-electron chi connectivity index (χ3n) is 2.39. The van der Waals surface area contributed by atoms with Crippen LogP contribution in [0.5, 0.6) is 5.75 Å². The molecule has 1 aromatic rings. The largest absolute Gasteiger partial charge is 0.494 e. The van der Waals surface area contributed by atoms with Gasteiger partial charge in [-0.1, -0.05) is 23.2 Å². The van der Waals surface area contributed by atoms with Gasteiger partial charge in [0.1, 0.15) is 0 Å². The van der Waals surface area contributed by atoms with E-state index in [1.165, 1.54) is 0 Å². The molecule has 0 heterocycles. The van der Waals surface area contributed by atoms with Gasteiger partial charge in [0, 0.05) is 0 Å². The maximum atomic E-state index is 6.07. The molecule has 1 aromatic carbocycles. The lowest BCUT2D eigenvalue weighted by Crippen LogP contribution is -1.95. The van der Waals surface area contributed by atoms with Crippen LogP contribution in [0, 0.1) is 20.8 Å². The molecular formula is C10H12Cl2O. The Kier molecular flexibility index (Phi) is 3.09. The van der Waals surface area contributed by atoms with Gasteiger partial charge in [0.25, 0.3) is 0 Å². The fourth-order valence-corrected chi connectivity index (χ4v) is 1.90. The van der Waals surface area contributed by atoms with Crippen LogP contribution in [0.15, 0.2) is 0 Å². The van der Waals surface area contributed by atoms with Gasteiger partial charge in [-0.25, -0.2) is 0 Å². The molecule has 0 unspecified atom stereocenters. The summed E-state index contributed by atoms with van der Waals surface area (Å²) in [7, 11) is 1.57. The topological polar surface area (TPSA) is 9.23 Å². The average Bonchev–Trinajstić information content (AvgIpc) is 2.13. The van der Waals surface area contributed by atoms with Crippen LogP contribution in [-0.2, 0) is 0 Å². The van der Waals surface area contributed by atoms with Gasteiger partial charge in [0.15, 0.2) is 5.75 Å². The molecule has 13 heavy (non-hydrogen) atoms. The van der Waals surface area contributed by atoms with E-state index in [-0.39, 0.29) is 0 Å². The Bertz CT molecular complexity index is 316. The highest BCUT2D eigenvalue weighted by atomic mass is 35.5. The highest BCUT2D eigenvalue weighted by Crippen LogP contribution is 2.39. The molecule has 0 aliphatic heterocycles. The lowest BCUT2D eigenvalue weighted by Gasteiger charge is -2.14. The Morgan fingerprint density at radius 1 is 0.846 bits per heavy atom. The first-order valence-corrected chi connectivity index (χ1v) is 4.75. The first-order valence-electron chi connectivity index (χ1n) is 3.99. The molecular weight excluding hydrogens is 207 g/mol. The first kappa shape index (κ1) is 10.7. The van der Waals surface area contributed by atoms with Gasteiger partial charge in [-0.05, 0) is 37.5 Å². The Hall–Kier alpha value is -0.400. The zero-order valence-electron chi connectivity index (χ0n) is 8.16. The molecule has 0 amide bonds. The van der Waals surface area contributed by atoms with Crippen LogP contribution in [0.4, 0.5) is 0 Å². The number of hydrogen-bond donors (Lipinski definition) is 0. The lowest BCUT2D eigenvalue weighted by atomic mass is 10.0. The maximum absolute atomic E-state index is 6.07. The minimum Gasteiger partial charge on any atom is -0.494 e. The van der Waals surface area contributed by atoms with E-state index in [4.69, 9.17) is 27.9 Å². The van der Waals surface area contributed by atoms with Crippen molar-refractivity contribution in [1.29, 1.82) is 0 Å². The summed E-state index contributed by atoms with van der Waals surface area (Å²) in [6, 6.07) is 0. The molecule has 0 bridgehead atoms. The highest BCUT2D eigenvalue weighted by molar-refractivity contribution is 6.38. The monoisotopic (exact) mass is 218 g/mol. The van der Waals surface area contributed by atoms with Crippen molar-refractivity contribution in [1.82, 2.24) is 0 Å². The first-order chi connectivity index (χ1) is 6.00. The standard InChI is InChI=1S/C10H12Cl2O/c1-5-6(2)8(11)10(13-4)9(12)7(5)3/h1-4H3. The zero-order valence-corrected chi connectivity index (χ0v) is 9.68.